The van der Waals surface area contributed by atoms with E-state index in [9.17, 15) is 9.59 Å². The number of hydrogen-bond acceptors (Lipinski definition) is 3. The summed E-state index contributed by atoms with van der Waals surface area (Å²) in [5.41, 5.74) is 2.16. The third kappa shape index (κ3) is 6.77. The average molecular weight is 368 g/mol. The van der Waals surface area contributed by atoms with Crippen molar-refractivity contribution in [3.63, 3.8) is 0 Å². The summed E-state index contributed by atoms with van der Waals surface area (Å²) in [6, 6.07) is 17.6. The SMILES string of the molecule is COc1cccc(CCN(CCC(=O)NC(C)c2ccccc2)C(C)=O)c1. The maximum Gasteiger partial charge on any atom is 0.222 e. The molecule has 0 aliphatic carbocycles. The summed E-state index contributed by atoms with van der Waals surface area (Å²) in [5.74, 6) is 0.719. The molecule has 0 aliphatic rings. The Morgan fingerprint density at radius 1 is 1.07 bits per heavy atom. The summed E-state index contributed by atoms with van der Waals surface area (Å²) in [6.45, 7) is 4.48. The quantitative estimate of drug-likeness (QED) is 0.738. The van der Waals surface area contributed by atoms with E-state index in [1.807, 2.05) is 61.5 Å². The molecule has 27 heavy (non-hydrogen) atoms. The van der Waals surface area contributed by atoms with E-state index < -0.39 is 0 Å². The van der Waals surface area contributed by atoms with E-state index in [2.05, 4.69) is 5.32 Å². The first kappa shape index (κ1) is 20.5. The molecule has 1 unspecified atom stereocenters. The van der Waals surface area contributed by atoms with E-state index in [0.29, 0.717) is 13.1 Å². The second-order valence-electron chi connectivity index (χ2n) is 6.56. The Kier molecular flexibility index (Phi) is 7.86. The molecule has 0 spiro atoms. The molecule has 2 aromatic rings. The molecule has 0 radical (unpaired) electrons. The number of methoxy groups -OCH3 is 1. The van der Waals surface area contributed by atoms with Gasteiger partial charge in [-0.3, -0.25) is 9.59 Å². The molecule has 2 aromatic carbocycles. The van der Waals surface area contributed by atoms with Gasteiger partial charge in [-0.25, -0.2) is 0 Å². The fourth-order valence-electron chi connectivity index (χ4n) is 2.89. The van der Waals surface area contributed by atoms with Crippen molar-refractivity contribution >= 4 is 11.8 Å². The molecule has 1 atom stereocenters. The van der Waals surface area contributed by atoms with E-state index in [-0.39, 0.29) is 24.3 Å². The van der Waals surface area contributed by atoms with Crippen molar-refractivity contribution < 1.29 is 14.3 Å². The molecule has 0 fully saturated rings. The maximum atomic E-state index is 12.2. The predicted molar refractivity (Wildman–Crippen MR) is 107 cm³/mol. The molecular formula is C22H28N2O3. The summed E-state index contributed by atoms with van der Waals surface area (Å²) in [7, 11) is 1.63. The van der Waals surface area contributed by atoms with Gasteiger partial charge < -0.3 is 15.0 Å². The van der Waals surface area contributed by atoms with Gasteiger partial charge in [0.05, 0.1) is 13.2 Å². The van der Waals surface area contributed by atoms with E-state index in [1.165, 1.54) is 6.92 Å². The van der Waals surface area contributed by atoms with Gasteiger partial charge in [0.2, 0.25) is 11.8 Å². The van der Waals surface area contributed by atoms with Gasteiger partial charge in [0, 0.05) is 26.4 Å². The Morgan fingerprint density at radius 2 is 1.81 bits per heavy atom. The standard InChI is InChI=1S/C22H28N2O3/c1-17(20-9-5-4-6-10-20)23-22(26)13-15-24(18(2)25)14-12-19-8-7-11-21(16-19)27-3/h4-11,16-17H,12-15H2,1-3H3,(H,23,26). The van der Waals surface area contributed by atoms with Crippen LogP contribution >= 0.6 is 0 Å². The highest BCUT2D eigenvalue weighted by molar-refractivity contribution is 5.78. The number of nitrogens with one attached hydrogen (secondary N) is 1. The minimum Gasteiger partial charge on any atom is -0.497 e. The van der Waals surface area contributed by atoms with Crippen molar-refractivity contribution in [3.05, 3.63) is 65.7 Å². The molecule has 1 N–H and O–H groups in total. The van der Waals surface area contributed by atoms with Crippen LogP contribution in [0.1, 0.15) is 37.4 Å². The van der Waals surface area contributed by atoms with Crippen LogP contribution in [0.15, 0.2) is 54.6 Å². The Morgan fingerprint density at radius 3 is 2.48 bits per heavy atom. The molecule has 5 nitrogen and oxygen atoms in total. The van der Waals surface area contributed by atoms with Gasteiger partial charge in [-0.2, -0.15) is 0 Å². The van der Waals surface area contributed by atoms with Gasteiger partial charge in [0.25, 0.3) is 0 Å². The lowest BCUT2D eigenvalue weighted by Gasteiger charge is -2.22. The average Bonchev–Trinajstić information content (AvgIpc) is 2.68. The number of hydrogen-bond donors (Lipinski definition) is 1. The summed E-state index contributed by atoms with van der Waals surface area (Å²) < 4.78 is 5.23. The molecule has 0 aliphatic heterocycles. The lowest BCUT2D eigenvalue weighted by molar-refractivity contribution is -0.129. The molecule has 144 valence electrons. The van der Waals surface area contributed by atoms with E-state index >= 15 is 0 Å². The number of rotatable bonds is 9. The predicted octanol–water partition coefficient (Wildman–Crippen LogP) is 3.35. The van der Waals surface area contributed by atoms with Gasteiger partial charge >= 0.3 is 0 Å². The van der Waals surface area contributed by atoms with Crippen molar-refractivity contribution in [1.29, 1.82) is 0 Å². The van der Waals surface area contributed by atoms with Crippen LogP contribution in [0.3, 0.4) is 0 Å². The van der Waals surface area contributed by atoms with Gasteiger partial charge in [-0.1, -0.05) is 42.5 Å². The molecular weight excluding hydrogens is 340 g/mol. The number of amides is 2. The smallest absolute Gasteiger partial charge is 0.222 e. The number of carbonyl (C=O) groups is 2. The number of benzene rings is 2. The first-order valence-corrected chi connectivity index (χ1v) is 9.22. The second-order valence-corrected chi connectivity index (χ2v) is 6.56. The lowest BCUT2D eigenvalue weighted by Crippen LogP contribution is -2.35. The van der Waals surface area contributed by atoms with Crippen molar-refractivity contribution in [2.45, 2.75) is 32.7 Å². The van der Waals surface area contributed by atoms with Gasteiger partial charge in [0.1, 0.15) is 5.75 Å². The highest BCUT2D eigenvalue weighted by Crippen LogP contribution is 2.14. The summed E-state index contributed by atoms with van der Waals surface area (Å²) in [6.07, 6.45) is 1.01. The Bertz CT molecular complexity index is 746. The van der Waals surface area contributed by atoms with Crippen molar-refractivity contribution in [2.24, 2.45) is 0 Å². The minimum atomic E-state index is -0.0565. The first-order chi connectivity index (χ1) is 13.0. The van der Waals surface area contributed by atoms with Gasteiger partial charge in [-0.15, -0.1) is 0 Å². The van der Waals surface area contributed by atoms with E-state index in [1.54, 1.807) is 12.0 Å². The van der Waals surface area contributed by atoms with Crippen LogP contribution in [-0.4, -0.2) is 36.9 Å². The zero-order chi connectivity index (χ0) is 19.6. The van der Waals surface area contributed by atoms with E-state index in [0.717, 1.165) is 23.3 Å². The zero-order valence-electron chi connectivity index (χ0n) is 16.3. The maximum absolute atomic E-state index is 12.2. The normalized spacial score (nSPS) is 11.5. The third-order valence-electron chi connectivity index (χ3n) is 4.54. The van der Waals surface area contributed by atoms with Crippen LogP contribution in [0, 0.1) is 0 Å². The molecule has 0 saturated carbocycles. The molecule has 0 aromatic heterocycles. The fraction of sp³-hybridized carbons (Fsp3) is 0.364. The first-order valence-electron chi connectivity index (χ1n) is 9.22. The third-order valence-corrected chi connectivity index (χ3v) is 4.54. The van der Waals surface area contributed by atoms with Crippen LogP contribution in [0.25, 0.3) is 0 Å². The topological polar surface area (TPSA) is 58.6 Å². The minimum absolute atomic E-state index is 0.0261. The molecule has 0 heterocycles. The van der Waals surface area contributed by atoms with Crippen LogP contribution in [0.5, 0.6) is 5.75 Å². The van der Waals surface area contributed by atoms with Gasteiger partial charge in [-0.05, 0) is 36.6 Å². The molecule has 2 amide bonds. The molecule has 2 rings (SSSR count). The second kappa shape index (κ2) is 10.4. The van der Waals surface area contributed by atoms with Gasteiger partial charge in [0.15, 0.2) is 0 Å². The van der Waals surface area contributed by atoms with E-state index in [4.69, 9.17) is 4.74 Å². The van der Waals surface area contributed by atoms with Crippen LogP contribution in [0.2, 0.25) is 0 Å². The van der Waals surface area contributed by atoms with Crippen molar-refractivity contribution in [3.8, 4) is 5.75 Å². The molecule has 0 bridgehead atoms. The molecule has 5 heteroatoms. The molecule has 0 saturated heterocycles. The summed E-state index contributed by atoms with van der Waals surface area (Å²) in [5, 5.41) is 2.99. The Labute approximate surface area is 161 Å². The fourth-order valence-corrected chi connectivity index (χ4v) is 2.89. The van der Waals surface area contributed by atoms with Crippen LogP contribution in [-0.2, 0) is 16.0 Å². The highest BCUT2D eigenvalue weighted by Gasteiger charge is 2.13. The zero-order valence-corrected chi connectivity index (χ0v) is 16.3. The highest BCUT2D eigenvalue weighted by atomic mass is 16.5. The lowest BCUT2D eigenvalue weighted by atomic mass is 10.1. The summed E-state index contributed by atoms with van der Waals surface area (Å²) in [4.78, 5) is 25.9. The Hall–Kier alpha value is -2.82. The monoisotopic (exact) mass is 368 g/mol. The van der Waals surface area contributed by atoms with Crippen LogP contribution < -0.4 is 10.1 Å². The van der Waals surface area contributed by atoms with Crippen molar-refractivity contribution in [1.82, 2.24) is 10.2 Å². The summed E-state index contributed by atoms with van der Waals surface area (Å²) >= 11 is 0. The van der Waals surface area contributed by atoms with Crippen LogP contribution in [0.4, 0.5) is 0 Å². The Balaban J connectivity index is 1.83. The number of nitrogens with zero attached hydrogens (tertiary/aromatic N) is 1. The van der Waals surface area contributed by atoms with Crippen molar-refractivity contribution in [2.75, 3.05) is 20.2 Å². The number of ether oxygens (including phenoxy) is 1. The largest absolute Gasteiger partial charge is 0.497 e. The number of carbonyl (C=O) groups excluding carboxylic acids is 2.